The Morgan fingerprint density at radius 2 is 1.57 bits per heavy atom. The van der Waals surface area contributed by atoms with Crippen LogP contribution in [0.3, 0.4) is 0 Å². The Kier molecular flexibility index (Phi) is 11.7. The van der Waals surface area contributed by atoms with Crippen LogP contribution in [0.4, 0.5) is 5.69 Å². The Hall–Kier alpha value is -3.65. The molecule has 3 aromatic rings. The third-order valence-electron chi connectivity index (χ3n) is 7.64. The molecule has 226 valence electrons. The van der Waals surface area contributed by atoms with Crippen molar-refractivity contribution in [1.29, 1.82) is 0 Å². The predicted octanol–water partition coefficient (Wildman–Crippen LogP) is 5.71. The molecular weight excluding hydrogens is 546 g/mol. The summed E-state index contributed by atoms with van der Waals surface area (Å²) in [5, 5.41) is 3.09. The number of carbonyl (C=O) groups excluding carboxylic acids is 2. The first-order chi connectivity index (χ1) is 19.9. The highest BCUT2D eigenvalue weighted by molar-refractivity contribution is 7.92. The normalized spacial score (nSPS) is 12.8. The van der Waals surface area contributed by atoms with Crippen LogP contribution in [0.25, 0.3) is 0 Å². The third-order valence-corrected chi connectivity index (χ3v) is 8.83. The average Bonchev–Trinajstić information content (AvgIpc) is 2.94. The number of hydrogen-bond donors (Lipinski definition) is 1. The summed E-state index contributed by atoms with van der Waals surface area (Å²) in [6.07, 6.45) is 2.75. The number of anilines is 1. The molecule has 0 heterocycles. The highest BCUT2D eigenvalue weighted by atomic mass is 32.2. The first kappa shape index (κ1) is 32.9. The van der Waals surface area contributed by atoms with Crippen LogP contribution in [0.1, 0.15) is 60.9 Å². The van der Waals surface area contributed by atoms with Crippen molar-refractivity contribution >= 4 is 27.5 Å². The molecule has 0 fully saturated rings. The maximum atomic E-state index is 14.0. The van der Waals surface area contributed by atoms with Gasteiger partial charge in [-0.2, -0.15) is 0 Å². The number of sulfonamides is 1. The van der Waals surface area contributed by atoms with Gasteiger partial charge in [-0.25, -0.2) is 8.42 Å². The van der Waals surface area contributed by atoms with Gasteiger partial charge >= 0.3 is 0 Å². The summed E-state index contributed by atoms with van der Waals surface area (Å²) >= 11 is 0. The molecule has 0 aliphatic rings. The van der Waals surface area contributed by atoms with E-state index in [2.05, 4.69) is 5.32 Å². The molecule has 2 unspecified atom stereocenters. The number of benzene rings is 3. The third kappa shape index (κ3) is 9.44. The Labute approximate surface area is 252 Å². The van der Waals surface area contributed by atoms with Crippen molar-refractivity contribution in [1.82, 2.24) is 10.2 Å². The lowest BCUT2D eigenvalue weighted by Crippen LogP contribution is -2.52. The van der Waals surface area contributed by atoms with E-state index in [0.717, 1.165) is 34.2 Å². The van der Waals surface area contributed by atoms with Crippen molar-refractivity contribution in [3.05, 3.63) is 101 Å². The second kappa shape index (κ2) is 15.0. The monoisotopic (exact) mass is 591 g/mol. The van der Waals surface area contributed by atoms with Crippen molar-refractivity contribution in [2.24, 2.45) is 0 Å². The summed E-state index contributed by atoms with van der Waals surface area (Å²) in [7, 11) is -3.56. The Balaban J connectivity index is 1.90. The minimum absolute atomic E-state index is 0.0343. The molecule has 0 radical (unpaired) electrons. The van der Waals surface area contributed by atoms with Crippen LogP contribution in [-0.4, -0.2) is 50.0 Å². The Morgan fingerprint density at radius 1 is 0.881 bits per heavy atom. The van der Waals surface area contributed by atoms with Crippen molar-refractivity contribution in [2.45, 2.75) is 78.9 Å². The van der Waals surface area contributed by atoms with E-state index in [-0.39, 0.29) is 37.4 Å². The lowest BCUT2D eigenvalue weighted by atomic mass is 10.0. The van der Waals surface area contributed by atoms with Gasteiger partial charge in [0.2, 0.25) is 21.8 Å². The number of nitrogens with zero attached hydrogens (tertiary/aromatic N) is 2. The minimum Gasteiger partial charge on any atom is -0.352 e. The van der Waals surface area contributed by atoms with Gasteiger partial charge in [-0.1, -0.05) is 73.2 Å². The highest BCUT2D eigenvalue weighted by Gasteiger charge is 2.31. The van der Waals surface area contributed by atoms with Gasteiger partial charge < -0.3 is 10.2 Å². The van der Waals surface area contributed by atoms with Gasteiger partial charge in [-0.05, 0) is 74.9 Å². The molecule has 0 aliphatic carbocycles. The topological polar surface area (TPSA) is 86.8 Å². The van der Waals surface area contributed by atoms with E-state index in [1.807, 2.05) is 101 Å². The van der Waals surface area contributed by atoms with E-state index < -0.39 is 16.1 Å². The van der Waals surface area contributed by atoms with Crippen molar-refractivity contribution in [2.75, 3.05) is 17.1 Å². The quantitative estimate of drug-likeness (QED) is 0.260. The summed E-state index contributed by atoms with van der Waals surface area (Å²) in [6.45, 7) is 10.3. The summed E-state index contributed by atoms with van der Waals surface area (Å²) < 4.78 is 26.8. The van der Waals surface area contributed by atoms with Crippen molar-refractivity contribution in [3.63, 3.8) is 0 Å². The molecule has 0 spiro atoms. The van der Waals surface area contributed by atoms with Crippen LogP contribution in [0, 0.1) is 20.8 Å². The highest BCUT2D eigenvalue weighted by Crippen LogP contribution is 2.23. The number of carbonyl (C=O) groups is 2. The second-order valence-electron chi connectivity index (χ2n) is 11.2. The maximum Gasteiger partial charge on any atom is 0.243 e. The molecule has 3 rings (SSSR count). The molecule has 0 aliphatic heterocycles. The van der Waals surface area contributed by atoms with E-state index in [4.69, 9.17) is 0 Å². The first-order valence-electron chi connectivity index (χ1n) is 14.6. The first-order valence-corrected chi connectivity index (χ1v) is 16.5. The Morgan fingerprint density at radius 3 is 2.19 bits per heavy atom. The van der Waals surface area contributed by atoms with Crippen LogP contribution < -0.4 is 9.62 Å². The lowest BCUT2D eigenvalue weighted by molar-refractivity contribution is -0.141. The fraction of sp³-hybridized carbons (Fsp3) is 0.412. The van der Waals surface area contributed by atoms with E-state index in [1.165, 1.54) is 10.6 Å². The lowest BCUT2D eigenvalue weighted by Gasteiger charge is -2.33. The van der Waals surface area contributed by atoms with Gasteiger partial charge in [-0.3, -0.25) is 13.9 Å². The van der Waals surface area contributed by atoms with Gasteiger partial charge in [0, 0.05) is 32.0 Å². The summed E-state index contributed by atoms with van der Waals surface area (Å²) in [5.74, 6) is -0.382. The zero-order chi connectivity index (χ0) is 30.9. The van der Waals surface area contributed by atoms with Crippen molar-refractivity contribution < 1.29 is 18.0 Å². The molecule has 42 heavy (non-hydrogen) atoms. The van der Waals surface area contributed by atoms with E-state index >= 15 is 0 Å². The number of hydrogen-bond acceptors (Lipinski definition) is 4. The largest absolute Gasteiger partial charge is 0.352 e. The molecule has 2 atom stereocenters. The summed E-state index contributed by atoms with van der Waals surface area (Å²) in [5.41, 5.74) is 5.62. The molecular formula is C34H45N3O4S. The maximum absolute atomic E-state index is 14.0. The standard InChI is InChI=1S/C34H45N3O4S/c1-7-28(5)35-34(39)32(23-29-14-9-8-10-15-29)36(24-30-16-11-13-25(2)21-30)33(38)17-12-20-37(42(6,40)41)31-19-18-26(3)27(4)22-31/h8-11,13-16,18-19,21-22,28,32H,7,12,17,20,23-24H2,1-6H3,(H,35,39). The molecule has 2 amide bonds. The van der Waals surface area contributed by atoms with E-state index in [0.29, 0.717) is 18.5 Å². The number of nitrogens with one attached hydrogen (secondary N) is 1. The van der Waals surface area contributed by atoms with Crippen LogP contribution in [0.15, 0.2) is 72.8 Å². The molecule has 0 aromatic heterocycles. The minimum atomic E-state index is -3.56. The zero-order valence-electron chi connectivity index (χ0n) is 25.8. The molecule has 8 heteroatoms. The molecule has 0 saturated carbocycles. The van der Waals surface area contributed by atoms with Gasteiger partial charge in [-0.15, -0.1) is 0 Å². The number of amides is 2. The van der Waals surface area contributed by atoms with Gasteiger partial charge in [0.05, 0.1) is 11.9 Å². The molecule has 0 bridgehead atoms. The summed E-state index contributed by atoms with van der Waals surface area (Å²) in [6, 6.07) is 22.5. The fourth-order valence-corrected chi connectivity index (χ4v) is 5.84. The van der Waals surface area contributed by atoms with Crippen LogP contribution in [0.5, 0.6) is 0 Å². The van der Waals surface area contributed by atoms with Crippen LogP contribution in [-0.2, 0) is 32.6 Å². The van der Waals surface area contributed by atoms with Gasteiger partial charge in [0.1, 0.15) is 6.04 Å². The fourth-order valence-electron chi connectivity index (χ4n) is 4.89. The van der Waals surface area contributed by atoms with E-state index in [1.54, 1.807) is 11.0 Å². The Bertz CT molecular complexity index is 1460. The van der Waals surface area contributed by atoms with Crippen LogP contribution in [0.2, 0.25) is 0 Å². The summed E-state index contributed by atoms with van der Waals surface area (Å²) in [4.78, 5) is 29.3. The van der Waals surface area contributed by atoms with Crippen LogP contribution >= 0.6 is 0 Å². The zero-order valence-corrected chi connectivity index (χ0v) is 26.6. The molecule has 0 saturated heterocycles. The van der Waals surface area contributed by atoms with Gasteiger partial charge in [0.25, 0.3) is 0 Å². The molecule has 1 N–H and O–H groups in total. The van der Waals surface area contributed by atoms with Crippen molar-refractivity contribution in [3.8, 4) is 0 Å². The smallest absolute Gasteiger partial charge is 0.243 e. The number of rotatable bonds is 14. The number of aryl methyl sites for hydroxylation is 3. The van der Waals surface area contributed by atoms with Gasteiger partial charge in [0.15, 0.2) is 0 Å². The second-order valence-corrected chi connectivity index (χ2v) is 13.1. The SMILES string of the molecule is CCC(C)NC(=O)C(Cc1ccccc1)N(Cc1cccc(C)c1)C(=O)CCCN(c1ccc(C)c(C)c1)S(C)(=O)=O. The molecule has 7 nitrogen and oxygen atoms in total. The molecule has 3 aromatic carbocycles. The predicted molar refractivity (Wildman–Crippen MR) is 171 cm³/mol. The van der Waals surface area contributed by atoms with E-state index in [9.17, 15) is 18.0 Å². The average molecular weight is 592 g/mol.